The summed E-state index contributed by atoms with van der Waals surface area (Å²) < 4.78 is 0. The van der Waals surface area contributed by atoms with Crippen LogP contribution in [0.5, 0.6) is 0 Å². The summed E-state index contributed by atoms with van der Waals surface area (Å²) in [6.45, 7) is 2.48. The Morgan fingerprint density at radius 1 is 0.955 bits per heavy atom. The first-order valence-electron chi connectivity index (χ1n) is 7.96. The fourth-order valence-corrected chi connectivity index (χ4v) is 3.48. The van der Waals surface area contributed by atoms with Crippen LogP contribution in [0.2, 0.25) is 5.02 Å². The van der Waals surface area contributed by atoms with E-state index in [9.17, 15) is 9.59 Å². The molecule has 1 aromatic rings. The molecule has 1 heterocycles. The minimum Gasteiger partial charge on any atom is -0.332 e. The van der Waals surface area contributed by atoms with Crippen molar-refractivity contribution >= 4 is 23.4 Å². The summed E-state index contributed by atoms with van der Waals surface area (Å²) in [5.41, 5.74) is 0.995. The molecule has 0 unspecified atom stereocenters. The third-order valence-electron chi connectivity index (χ3n) is 4.64. The molecule has 1 saturated carbocycles. The van der Waals surface area contributed by atoms with E-state index in [1.807, 2.05) is 12.1 Å². The second-order valence-electron chi connectivity index (χ2n) is 6.25. The Bertz CT molecular complexity index is 552. The molecule has 0 aromatic heterocycles. The summed E-state index contributed by atoms with van der Waals surface area (Å²) in [5, 5.41) is 0.674. The van der Waals surface area contributed by atoms with Crippen LogP contribution in [0.3, 0.4) is 0 Å². The fourth-order valence-electron chi connectivity index (χ4n) is 3.35. The molecular formula is C17H21ClN2O2. The molecule has 0 radical (unpaired) electrons. The standard InChI is InChI=1S/C17H21ClN2O2/c18-15-7-5-14(6-8-15)12-20-10-9-19(16(21)17(20)22)11-13-3-1-2-4-13/h5-8,13H,1-4,9-12H2. The van der Waals surface area contributed by atoms with Crippen LogP contribution in [0.15, 0.2) is 24.3 Å². The average Bonchev–Trinajstić information content (AvgIpc) is 3.02. The van der Waals surface area contributed by atoms with Crippen LogP contribution >= 0.6 is 11.6 Å². The van der Waals surface area contributed by atoms with Gasteiger partial charge >= 0.3 is 11.8 Å². The van der Waals surface area contributed by atoms with Crippen molar-refractivity contribution in [2.45, 2.75) is 32.2 Å². The van der Waals surface area contributed by atoms with Gasteiger partial charge in [0.25, 0.3) is 0 Å². The maximum Gasteiger partial charge on any atom is 0.312 e. The van der Waals surface area contributed by atoms with Gasteiger partial charge in [-0.2, -0.15) is 0 Å². The van der Waals surface area contributed by atoms with E-state index in [1.165, 1.54) is 25.7 Å². The first kappa shape index (κ1) is 15.3. The summed E-state index contributed by atoms with van der Waals surface area (Å²) in [6.07, 6.45) is 4.88. The second kappa shape index (κ2) is 6.69. The Labute approximate surface area is 136 Å². The van der Waals surface area contributed by atoms with Gasteiger partial charge in [-0.25, -0.2) is 0 Å². The lowest BCUT2D eigenvalue weighted by Gasteiger charge is -2.35. The van der Waals surface area contributed by atoms with Crippen molar-refractivity contribution in [1.29, 1.82) is 0 Å². The van der Waals surface area contributed by atoms with Gasteiger partial charge in [0.1, 0.15) is 0 Å². The molecule has 0 spiro atoms. The normalized spacial score (nSPS) is 20.0. The molecule has 2 amide bonds. The summed E-state index contributed by atoms with van der Waals surface area (Å²) in [4.78, 5) is 28.0. The summed E-state index contributed by atoms with van der Waals surface area (Å²) in [6, 6.07) is 7.40. The molecule has 1 aliphatic heterocycles. The zero-order valence-electron chi connectivity index (χ0n) is 12.6. The maximum atomic E-state index is 12.3. The number of carbonyl (C=O) groups is 2. The highest BCUT2D eigenvalue weighted by Gasteiger charge is 2.33. The number of amides is 2. The van der Waals surface area contributed by atoms with Crippen LogP contribution < -0.4 is 0 Å². The molecular weight excluding hydrogens is 300 g/mol. The van der Waals surface area contributed by atoms with Crippen LogP contribution in [-0.2, 0) is 16.1 Å². The number of benzene rings is 1. The van der Waals surface area contributed by atoms with Crippen molar-refractivity contribution in [1.82, 2.24) is 9.80 Å². The van der Waals surface area contributed by atoms with Gasteiger partial charge in [0.05, 0.1) is 0 Å². The molecule has 4 nitrogen and oxygen atoms in total. The predicted octanol–water partition coefficient (Wildman–Crippen LogP) is 2.70. The van der Waals surface area contributed by atoms with Crippen LogP contribution in [0.25, 0.3) is 0 Å². The molecule has 0 atom stereocenters. The van der Waals surface area contributed by atoms with E-state index < -0.39 is 0 Å². The fraction of sp³-hybridized carbons (Fsp3) is 0.529. The van der Waals surface area contributed by atoms with Crippen molar-refractivity contribution in [3.05, 3.63) is 34.9 Å². The lowest BCUT2D eigenvalue weighted by molar-refractivity contribution is -0.156. The molecule has 0 bridgehead atoms. The van der Waals surface area contributed by atoms with Gasteiger partial charge in [-0.3, -0.25) is 9.59 Å². The maximum absolute atomic E-state index is 12.3. The first-order valence-corrected chi connectivity index (χ1v) is 8.34. The highest BCUT2D eigenvalue weighted by atomic mass is 35.5. The third-order valence-corrected chi connectivity index (χ3v) is 4.89. The Hall–Kier alpha value is -1.55. The zero-order valence-corrected chi connectivity index (χ0v) is 13.4. The lowest BCUT2D eigenvalue weighted by Crippen LogP contribution is -2.54. The molecule has 2 aliphatic rings. The largest absolute Gasteiger partial charge is 0.332 e. The number of hydrogen-bond acceptors (Lipinski definition) is 2. The van der Waals surface area contributed by atoms with Gasteiger partial charge in [0.2, 0.25) is 0 Å². The smallest absolute Gasteiger partial charge is 0.312 e. The van der Waals surface area contributed by atoms with Crippen LogP contribution in [0.1, 0.15) is 31.2 Å². The first-order chi connectivity index (χ1) is 10.6. The van der Waals surface area contributed by atoms with Crippen molar-refractivity contribution in [3.63, 3.8) is 0 Å². The van der Waals surface area contributed by atoms with Crippen LogP contribution in [0.4, 0.5) is 0 Å². The average molecular weight is 321 g/mol. The number of nitrogens with zero attached hydrogens (tertiary/aromatic N) is 2. The molecule has 22 heavy (non-hydrogen) atoms. The molecule has 5 heteroatoms. The third kappa shape index (κ3) is 3.43. The van der Waals surface area contributed by atoms with E-state index >= 15 is 0 Å². The molecule has 2 fully saturated rings. The predicted molar refractivity (Wildman–Crippen MR) is 85.4 cm³/mol. The monoisotopic (exact) mass is 320 g/mol. The quantitative estimate of drug-likeness (QED) is 0.800. The molecule has 1 aliphatic carbocycles. The molecule has 0 N–H and O–H groups in total. The Morgan fingerprint density at radius 2 is 1.55 bits per heavy atom. The molecule has 118 valence electrons. The number of hydrogen-bond donors (Lipinski definition) is 0. The van der Waals surface area contributed by atoms with E-state index in [2.05, 4.69) is 0 Å². The van der Waals surface area contributed by atoms with Gasteiger partial charge in [0, 0.05) is 31.2 Å². The van der Waals surface area contributed by atoms with E-state index in [-0.39, 0.29) is 11.8 Å². The minimum absolute atomic E-state index is 0.341. The van der Waals surface area contributed by atoms with E-state index in [4.69, 9.17) is 11.6 Å². The lowest BCUT2D eigenvalue weighted by atomic mass is 10.1. The van der Waals surface area contributed by atoms with Gasteiger partial charge < -0.3 is 9.80 Å². The van der Waals surface area contributed by atoms with Gasteiger partial charge in [-0.05, 0) is 36.5 Å². The SMILES string of the molecule is O=C1C(=O)N(CC2CCCC2)CCN1Cc1ccc(Cl)cc1. The number of halogens is 1. The van der Waals surface area contributed by atoms with Crippen molar-refractivity contribution < 1.29 is 9.59 Å². The molecule has 1 aromatic carbocycles. The van der Waals surface area contributed by atoms with E-state index in [1.54, 1.807) is 21.9 Å². The summed E-state index contributed by atoms with van der Waals surface area (Å²) in [7, 11) is 0. The van der Waals surface area contributed by atoms with Crippen molar-refractivity contribution in [2.24, 2.45) is 5.92 Å². The molecule has 1 saturated heterocycles. The highest BCUT2D eigenvalue weighted by molar-refractivity contribution is 6.35. The van der Waals surface area contributed by atoms with Crippen LogP contribution in [0, 0.1) is 5.92 Å². The summed E-state index contributed by atoms with van der Waals surface area (Å²) in [5.74, 6) is -0.133. The topological polar surface area (TPSA) is 40.6 Å². The summed E-state index contributed by atoms with van der Waals surface area (Å²) >= 11 is 5.87. The van der Waals surface area contributed by atoms with Gasteiger partial charge in [0.15, 0.2) is 0 Å². The highest BCUT2D eigenvalue weighted by Crippen LogP contribution is 2.26. The second-order valence-corrected chi connectivity index (χ2v) is 6.69. The Balaban J connectivity index is 1.59. The van der Waals surface area contributed by atoms with E-state index in [0.717, 1.165) is 12.1 Å². The zero-order chi connectivity index (χ0) is 15.5. The number of carbonyl (C=O) groups excluding carboxylic acids is 2. The minimum atomic E-state index is -0.376. The number of rotatable bonds is 4. The molecule has 3 rings (SSSR count). The van der Waals surface area contributed by atoms with Crippen LogP contribution in [-0.4, -0.2) is 41.2 Å². The number of piperazine rings is 1. The van der Waals surface area contributed by atoms with E-state index in [0.29, 0.717) is 30.6 Å². The van der Waals surface area contributed by atoms with Gasteiger partial charge in [-0.1, -0.05) is 36.6 Å². The van der Waals surface area contributed by atoms with Crippen molar-refractivity contribution in [3.8, 4) is 0 Å². The van der Waals surface area contributed by atoms with Gasteiger partial charge in [-0.15, -0.1) is 0 Å². The van der Waals surface area contributed by atoms with Crippen molar-refractivity contribution in [2.75, 3.05) is 19.6 Å². The Kier molecular flexibility index (Phi) is 4.67. The Morgan fingerprint density at radius 3 is 2.23 bits per heavy atom.